The molecule has 0 bridgehead atoms. The summed E-state index contributed by atoms with van der Waals surface area (Å²) in [6.07, 6.45) is 6.73. The first kappa shape index (κ1) is 10.6. The van der Waals surface area contributed by atoms with Gasteiger partial charge >= 0.3 is 11.8 Å². The van der Waals surface area contributed by atoms with Gasteiger partial charge in [-0.05, 0) is 12.8 Å². The largest absolute Gasteiger partial charge is 0.345 e. The molecule has 0 atom stereocenters. The van der Waals surface area contributed by atoms with Gasteiger partial charge < -0.3 is 5.32 Å². The highest BCUT2D eigenvalue weighted by molar-refractivity contribution is 6.38. The van der Waals surface area contributed by atoms with Gasteiger partial charge in [-0.25, -0.2) is 4.68 Å². The fourth-order valence-electron chi connectivity index (χ4n) is 1.75. The van der Waals surface area contributed by atoms with Gasteiger partial charge in [-0.3, -0.25) is 15.0 Å². The molecule has 0 unspecified atom stereocenters. The number of amides is 2. The van der Waals surface area contributed by atoms with Gasteiger partial charge in [0.25, 0.3) is 0 Å². The summed E-state index contributed by atoms with van der Waals surface area (Å²) in [5.74, 6) is -1.31. The van der Waals surface area contributed by atoms with Crippen LogP contribution in [0.15, 0.2) is 12.7 Å². The molecule has 1 aliphatic rings. The van der Waals surface area contributed by atoms with E-state index in [0.717, 1.165) is 25.7 Å². The number of nitrogens with one attached hydrogen (secondary N) is 2. The van der Waals surface area contributed by atoms with Crippen molar-refractivity contribution in [3.05, 3.63) is 12.7 Å². The van der Waals surface area contributed by atoms with Crippen molar-refractivity contribution in [1.29, 1.82) is 0 Å². The van der Waals surface area contributed by atoms with Gasteiger partial charge in [-0.1, -0.05) is 12.8 Å². The summed E-state index contributed by atoms with van der Waals surface area (Å²) in [6, 6.07) is 0.138. The molecule has 0 spiro atoms. The number of hydrogen-bond donors (Lipinski definition) is 2. The zero-order chi connectivity index (χ0) is 11.4. The van der Waals surface area contributed by atoms with Crippen molar-refractivity contribution < 1.29 is 9.59 Å². The third kappa shape index (κ3) is 2.56. The minimum Gasteiger partial charge on any atom is -0.345 e. The van der Waals surface area contributed by atoms with Gasteiger partial charge in [0.2, 0.25) is 0 Å². The highest BCUT2D eigenvalue weighted by Gasteiger charge is 2.21. The molecule has 1 saturated carbocycles. The molecule has 2 amide bonds. The second-order valence-corrected chi connectivity index (χ2v) is 3.76. The summed E-state index contributed by atoms with van der Waals surface area (Å²) in [4.78, 5) is 22.8. The number of nitrogens with zero attached hydrogens (tertiary/aromatic N) is 3. The molecule has 7 nitrogen and oxygen atoms in total. The van der Waals surface area contributed by atoms with Gasteiger partial charge in [-0.15, -0.1) is 10.2 Å². The Kier molecular flexibility index (Phi) is 3.13. The van der Waals surface area contributed by atoms with Gasteiger partial charge in [0.15, 0.2) is 0 Å². The number of aromatic nitrogens is 3. The predicted molar refractivity (Wildman–Crippen MR) is 54.8 cm³/mol. The van der Waals surface area contributed by atoms with E-state index in [1.165, 1.54) is 17.3 Å². The van der Waals surface area contributed by atoms with Crippen LogP contribution in [0, 0.1) is 0 Å². The zero-order valence-corrected chi connectivity index (χ0v) is 8.72. The van der Waals surface area contributed by atoms with Crippen LogP contribution in [0.2, 0.25) is 0 Å². The van der Waals surface area contributed by atoms with E-state index in [-0.39, 0.29) is 6.04 Å². The van der Waals surface area contributed by atoms with Crippen molar-refractivity contribution in [2.45, 2.75) is 31.7 Å². The molecule has 2 rings (SSSR count). The third-order valence-electron chi connectivity index (χ3n) is 2.55. The van der Waals surface area contributed by atoms with E-state index in [0.29, 0.717) is 0 Å². The van der Waals surface area contributed by atoms with Crippen LogP contribution < -0.4 is 10.7 Å². The zero-order valence-electron chi connectivity index (χ0n) is 8.72. The lowest BCUT2D eigenvalue weighted by atomic mass is 10.2. The molecule has 0 aromatic carbocycles. The second-order valence-electron chi connectivity index (χ2n) is 3.76. The highest BCUT2D eigenvalue weighted by Crippen LogP contribution is 2.17. The van der Waals surface area contributed by atoms with E-state index in [4.69, 9.17) is 0 Å². The van der Waals surface area contributed by atoms with E-state index in [1.807, 2.05) is 0 Å². The maximum absolute atomic E-state index is 11.4. The monoisotopic (exact) mass is 223 g/mol. The number of rotatable bonds is 2. The van der Waals surface area contributed by atoms with E-state index in [1.54, 1.807) is 0 Å². The Bertz CT molecular complexity index is 369. The topological polar surface area (TPSA) is 88.9 Å². The van der Waals surface area contributed by atoms with Gasteiger partial charge in [-0.2, -0.15) is 0 Å². The number of carbonyl (C=O) groups is 2. The lowest BCUT2D eigenvalue weighted by Gasteiger charge is -2.11. The van der Waals surface area contributed by atoms with Crippen molar-refractivity contribution in [2.75, 3.05) is 5.43 Å². The number of hydrogen-bond acceptors (Lipinski definition) is 4. The average Bonchev–Trinajstić information content (AvgIpc) is 2.90. The Morgan fingerprint density at radius 2 is 1.75 bits per heavy atom. The third-order valence-corrected chi connectivity index (χ3v) is 2.55. The summed E-state index contributed by atoms with van der Waals surface area (Å²) in [7, 11) is 0. The van der Waals surface area contributed by atoms with E-state index in [9.17, 15) is 9.59 Å². The molecule has 1 aliphatic carbocycles. The molecule has 2 N–H and O–H groups in total. The molecule has 1 fully saturated rings. The molecule has 0 aliphatic heterocycles. The van der Waals surface area contributed by atoms with Crippen LogP contribution in [0.5, 0.6) is 0 Å². The molecule has 0 radical (unpaired) electrons. The summed E-state index contributed by atoms with van der Waals surface area (Å²) in [6.45, 7) is 0. The molecule has 7 heteroatoms. The first-order chi connectivity index (χ1) is 7.75. The minimum atomic E-state index is -0.702. The first-order valence-electron chi connectivity index (χ1n) is 5.22. The smallest absolute Gasteiger partial charge is 0.328 e. The SMILES string of the molecule is O=C(NC1CCCC1)C(=O)Nn1cnnc1. The van der Waals surface area contributed by atoms with Crippen LogP contribution in [0.3, 0.4) is 0 Å². The second kappa shape index (κ2) is 4.73. The molecule has 86 valence electrons. The van der Waals surface area contributed by atoms with E-state index in [2.05, 4.69) is 20.9 Å². The number of carbonyl (C=O) groups excluding carboxylic acids is 2. The maximum atomic E-state index is 11.4. The Morgan fingerprint density at radius 3 is 2.38 bits per heavy atom. The van der Waals surface area contributed by atoms with Crippen molar-refractivity contribution in [3.63, 3.8) is 0 Å². The van der Waals surface area contributed by atoms with Crippen LogP contribution in [0.4, 0.5) is 0 Å². The average molecular weight is 223 g/mol. The summed E-state index contributed by atoms with van der Waals surface area (Å²) >= 11 is 0. The van der Waals surface area contributed by atoms with Crippen LogP contribution in [0.25, 0.3) is 0 Å². The predicted octanol–water partition coefficient (Wildman–Crippen LogP) is -0.593. The first-order valence-corrected chi connectivity index (χ1v) is 5.22. The van der Waals surface area contributed by atoms with Crippen LogP contribution >= 0.6 is 0 Å². The summed E-state index contributed by atoms with van der Waals surface area (Å²) in [5.41, 5.74) is 2.34. The van der Waals surface area contributed by atoms with Crippen molar-refractivity contribution in [1.82, 2.24) is 20.2 Å². The lowest BCUT2D eigenvalue weighted by Crippen LogP contribution is -2.42. The van der Waals surface area contributed by atoms with Crippen LogP contribution in [-0.2, 0) is 9.59 Å². The van der Waals surface area contributed by atoms with E-state index >= 15 is 0 Å². The molecule has 1 heterocycles. The molecular weight excluding hydrogens is 210 g/mol. The fraction of sp³-hybridized carbons (Fsp3) is 0.556. The standard InChI is InChI=1S/C9H13N5O2/c15-8(12-7-3-1-2-4-7)9(16)13-14-5-10-11-6-14/h5-7H,1-4H2,(H,12,15)(H,13,16). The lowest BCUT2D eigenvalue weighted by molar-refractivity contribution is -0.137. The molecule has 16 heavy (non-hydrogen) atoms. The summed E-state index contributed by atoms with van der Waals surface area (Å²) < 4.78 is 1.23. The van der Waals surface area contributed by atoms with Crippen LogP contribution in [-0.4, -0.2) is 32.7 Å². The highest BCUT2D eigenvalue weighted by atomic mass is 16.2. The maximum Gasteiger partial charge on any atom is 0.328 e. The van der Waals surface area contributed by atoms with E-state index < -0.39 is 11.8 Å². The van der Waals surface area contributed by atoms with Crippen molar-refractivity contribution in [3.8, 4) is 0 Å². The Morgan fingerprint density at radius 1 is 1.12 bits per heavy atom. The Balaban J connectivity index is 1.82. The van der Waals surface area contributed by atoms with Gasteiger partial charge in [0.05, 0.1) is 0 Å². The Hall–Kier alpha value is -1.92. The molecule has 0 saturated heterocycles. The molecular formula is C9H13N5O2. The minimum absolute atomic E-state index is 0.138. The van der Waals surface area contributed by atoms with Crippen LogP contribution in [0.1, 0.15) is 25.7 Å². The fourth-order valence-corrected chi connectivity index (χ4v) is 1.75. The van der Waals surface area contributed by atoms with Crippen molar-refractivity contribution in [2.24, 2.45) is 0 Å². The molecule has 1 aromatic heterocycles. The van der Waals surface area contributed by atoms with Crippen molar-refractivity contribution >= 4 is 11.8 Å². The normalized spacial score (nSPS) is 16.0. The summed E-state index contributed by atoms with van der Waals surface area (Å²) in [5, 5.41) is 9.69. The Labute approximate surface area is 92.2 Å². The van der Waals surface area contributed by atoms with Gasteiger partial charge in [0, 0.05) is 6.04 Å². The quantitative estimate of drug-likeness (QED) is 0.656. The van der Waals surface area contributed by atoms with Gasteiger partial charge in [0.1, 0.15) is 12.7 Å². The molecule has 1 aromatic rings.